The summed E-state index contributed by atoms with van der Waals surface area (Å²) in [6, 6.07) is 7.55. The Morgan fingerprint density at radius 2 is 1.86 bits per heavy atom. The molecule has 1 amide bonds. The Hall–Kier alpha value is -3.33. The lowest BCUT2D eigenvalue weighted by atomic mass is 9.91. The Morgan fingerprint density at radius 1 is 1.19 bits per heavy atom. The molecule has 1 aromatic heterocycles. The number of ether oxygens (including phenoxy) is 2. The molecule has 8 nitrogen and oxygen atoms in total. The number of H-pyrrole nitrogens is 1. The number of nitrogens with zero attached hydrogens (tertiary/aromatic N) is 1. The Bertz CT molecular complexity index is 1200. The molecule has 0 spiro atoms. The minimum Gasteiger partial charge on any atom is -0.497 e. The highest BCUT2D eigenvalue weighted by Gasteiger charge is 2.44. The number of thioether (sulfide) groups is 1. The third-order valence-electron chi connectivity index (χ3n) is 6.87. The van der Waals surface area contributed by atoms with Crippen molar-refractivity contribution in [1.29, 1.82) is 0 Å². The maximum absolute atomic E-state index is 13.5. The summed E-state index contributed by atoms with van der Waals surface area (Å²) in [7, 11) is 2.94. The molecule has 1 saturated heterocycles. The summed E-state index contributed by atoms with van der Waals surface area (Å²) in [5.74, 6) is -0.179. The molecule has 3 rings (SSSR count). The van der Waals surface area contributed by atoms with E-state index in [1.807, 2.05) is 51.1 Å². The third kappa shape index (κ3) is 6.33. The highest BCUT2D eigenvalue weighted by Crippen LogP contribution is 2.43. The molecule has 0 bridgehead atoms. The standard InChI is InChI=1S/C28H34N2O6S/c1-16-22(11-12-26(33)36-6)24(15-31)29-23(16)13-25-27(18(3)37-19(4)32)17(2)28(34)30(25)14-20-7-9-21(35-5)10-8-20/h7-10,13,15,17-18,27,29H,11-12,14H2,1-6H3/b25-13-/t17-,18-,27+/m1/s1. The zero-order valence-corrected chi connectivity index (χ0v) is 22.9. The van der Waals surface area contributed by atoms with E-state index in [1.165, 1.54) is 25.8 Å². The van der Waals surface area contributed by atoms with Gasteiger partial charge in [-0.25, -0.2) is 0 Å². The molecule has 3 atom stereocenters. The molecule has 0 saturated carbocycles. The van der Waals surface area contributed by atoms with Gasteiger partial charge in [-0.15, -0.1) is 0 Å². The quantitative estimate of drug-likeness (QED) is 0.358. The molecule has 1 aromatic carbocycles. The number of hydrogen-bond donors (Lipinski definition) is 1. The number of rotatable bonds is 10. The summed E-state index contributed by atoms with van der Waals surface area (Å²) in [6.45, 7) is 7.64. The molecule has 1 fully saturated rings. The number of nitrogens with one attached hydrogen (secondary N) is 1. The number of aromatic nitrogens is 1. The number of aldehydes is 1. The van der Waals surface area contributed by atoms with Crippen LogP contribution in [0.15, 0.2) is 30.0 Å². The van der Waals surface area contributed by atoms with Crippen molar-refractivity contribution in [3.63, 3.8) is 0 Å². The van der Waals surface area contributed by atoms with Gasteiger partial charge in [0.05, 0.1) is 26.5 Å². The monoisotopic (exact) mass is 526 g/mol. The zero-order chi connectivity index (χ0) is 27.3. The van der Waals surface area contributed by atoms with E-state index in [-0.39, 0.29) is 40.5 Å². The normalized spacial score (nSPS) is 19.2. The zero-order valence-electron chi connectivity index (χ0n) is 22.1. The first-order valence-corrected chi connectivity index (χ1v) is 13.1. The van der Waals surface area contributed by atoms with E-state index in [2.05, 4.69) is 4.98 Å². The van der Waals surface area contributed by atoms with Gasteiger partial charge in [-0.1, -0.05) is 37.7 Å². The first-order valence-electron chi connectivity index (χ1n) is 12.2. The molecule has 0 radical (unpaired) electrons. The number of likely N-dealkylation sites (tertiary alicyclic amines) is 1. The Labute approximate surface area is 221 Å². The van der Waals surface area contributed by atoms with Crippen LogP contribution in [0.25, 0.3) is 6.08 Å². The summed E-state index contributed by atoms with van der Waals surface area (Å²) >= 11 is 1.22. The summed E-state index contributed by atoms with van der Waals surface area (Å²) < 4.78 is 10.0. The lowest BCUT2D eigenvalue weighted by molar-refractivity contribution is -0.140. The minimum absolute atomic E-state index is 0.00973. The molecule has 9 heteroatoms. The smallest absolute Gasteiger partial charge is 0.305 e. The van der Waals surface area contributed by atoms with E-state index in [4.69, 9.17) is 9.47 Å². The average molecular weight is 527 g/mol. The minimum atomic E-state index is -0.353. The van der Waals surface area contributed by atoms with Gasteiger partial charge in [0.1, 0.15) is 5.75 Å². The number of methoxy groups -OCH3 is 2. The summed E-state index contributed by atoms with van der Waals surface area (Å²) in [5.41, 5.74) is 4.40. The average Bonchev–Trinajstić information content (AvgIpc) is 3.30. The molecule has 37 heavy (non-hydrogen) atoms. The molecule has 1 aliphatic rings. The summed E-state index contributed by atoms with van der Waals surface area (Å²) in [4.78, 5) is 53.9. The molecule has 2 heterocycles. The fourth-order valence-electron chi connectivity index (χ4n) is 4.92. The number of carbonyl (C=O) groups is 4. The van der Waals surface area contributed by atoms with Gasteiger partial charge in [-0.2, -0.15) is 0 Å². The van der Waals surface area contributed by atoms with Crippen LogP contribution in [0.2, 0.25) is 0 Å². The van der Waals surface area contributed by atoms with Gasteiger partial charge in [-0.05, 0) is 48.2 Å². The van der Waals surface area contributed by atoms with Crippen molar-refractivity contribution >= 4 is 41.1 Å². The SMILES string of the molecule is COC(=O)CCc1c(C=O)[nH]c(/C=C2/[C@H]([C@@H](C)SC(C)=O)[C@@H](C)C(=O)N2Cc2ccc(OC)cc2)c1C. The van der Waals surface area contributed by atoms with Gasteiger partial charge in [0.15, 0.2) is 11.4 Å². The van der Waals surface area contributed by atoms with Crippen LogP contribution in [0.5, 0.6) is 5.75 Å². The van der Waals surface area contributed by atoms with Crippen molar-refractivity contribution < 1.29 is 28.7 Å². The van der Waals surface area contributed by atoms with Crippen molar-refractivity contribution in [3.05, 3.63) is 58.0 Å². The maximum atomic E-state index is 13.5. The lowest BCUT2D eigenvalue weighted by Gasteiger charge is -2.24. The van der Waals surface area contributed by atoms with Crippen LogP contribution in [0.3, 0.4) is 0 Å². The second-order valence-corrected chi connectivity index (χ2v) is 10.8. The predicted octanol–water partition coefficient (Wildman–Crippen LogP) is 4.55. The number of aromatic amines is 1. The molecular formula is C28H34N2O6S. The number of benzene rings is 1. The second-order valence-electron chi connectivity index (χ2n) is 9.22. The van der Waals surface area contributed by atoms with Gasteiger partial charge in [0, 0.05) is 41.8 Å². The Balaban J connectivity index is 2.07. The molecular weight excluding hydrogens is 492 g/mol. The van der Waals surface area contributed by atoms with Gasteiger partial charge < -0.3 is 19.4 Å². The molecule has 2 aromatic rings. The molecule has 0 unspecified atom stereocenters. The summed E-state index contributed by atoms with van der Waals surface area (Å²) in [6.07, 6.45) is 3.17. The van der Waals surface area contributed by atoms with Crippen LogP contribution in [0.1, 0.15) is 60.1 Å². The fourth-order valence-corrected chi connectivity index (χ4v) is 5.97. The van der Waals surface area contributed by atoms with Crippen molar-refractivity contribution in [2.45, 2.75) is 52.3 Å². The number of allylic oxidation sites excluding steroid dienone is 1. The van der Waals surface area contributed by atoms with Gasteiger partial charge in [-0.3, -0.25) is 19.2 Å². The number of carbonyl (C=O) groups excluding carboxylic acids is 4. The highest BCUT2D eigenvalue weighted by molar-refractivity contribution is 8.14. The van der Waals surface area contributed by atoms with Gasteiger partial charge in [0.2, 0.25) is 5.91 Å². The first-order chi connectivity index (χ1) is 17.6. The highest BCUT2D eigenvalue weighted by atomic mass is 32.2. The third-order valence-corrected chi connectivity index (χ3v) is 7.87. The Kier molecular flexibility index (Phi) is 9.37. The number of esters is 1. The molecule has 198 valence electrons. The number of amides is 1. The van der Waals surface area contributed by atoms with Crippen LogP contribution in [-0.2, 0) is 32.1 Å². The molecule has 0 aliphatic carbocycles. The first kappa shape index (κ1) is 28.2. The lowest BCUT2D eigenvalue weighted by Crippen LogP contribution is -2.25. The Morgan fingerprint density at radius 3 is 2.43 bits per heavy atom. The fraction of sp³-hybridized carbons (Fsp3) is 0.429. The van der Waals surface area contributed by atoms with Crippen LogP contribution in [0.4, 0.5) is 0 Å². The van der Waals surface area contributed by atoms with E-state index in [1.54, 1.807) is 12.0 Å². The van der Waals surface area contributed by atoms with Crippen LogP contribution < -0.4 is 4.74 Å². The predicted molar refractivity (Wildman–Crippen MR) is 143 cm³/mol. The van der Waals surface area contributed by atoms with Crippen LogP contribution in [0, 0.1) is 18.8 Å². The van der Waals surface area contributed by atoms with Gasteiger partial charge >= 0.3 is 5.97 Å². The van der Waals surface area contributed by atoms with Crippen molar-refractivity contribution in [3.8, 4) is 5.75 Å². The molecule has 1 N–H and O–H groups in total. The van der Waals surface area contributed by atoms with Crippen molar-refractivity contribution in [2.75, 3.05) is 14.2 Å². The summed E-state index contributed by atoms with van der Waals surface area (Å²) in [5, 5.41) is -0.146. The van der Waals surface area contributed by atoms with E-state index in [0.717, 1.165) is 34.4 Å². The largest absolute Gasteiger partial charge is 0.497 e. The van der Waals surface area contributed by atoms with E-state index in [9.17, 15) is 19.2 Å². The van der Waals surface area contributed by atoms with E-state index < -0.39 is 0 Å². The van der Waals surface area contributed by atoms with Crippen LogP contribution in [-0.4, -0.2) is 52.6 Å². The van der Waals surface area contributed by atoms with E-state index >= 15 is 0 Å². The van der Waals surface area contributed by atoms with Crippen molar-refractivity contribution in [1.82, 2.24) is 9.88 Å². The van der Waals surface area contributed by atoms with Crippen molar-refractivity contribution in [2.24, 2.45) is 11.8 Å². The topological polar surface area (TPSA) is 106 Å². The number of hydrogen-bond acceptors (Lipinski definition) is 7. The van der Waals surface area contributed by atoms with Crippen LogP contribution >= 0.6 is 11.8 Å². The second kappa shape index (κ2) is 12.3. The molecule has 1 aliphatic heterocycles. The van der Waals surface area contributed by atoms with E-state index in [0.29, 0.717) is 24.4 Å². The van der Waals surface area contributed by atoms with Gasteiger partial charge in [0.25, 0.3) is 0 Å². The maximum Gasteiger partial charge on any atom is 0.305 e.